The summed E-state index contributed by atoms with van der Waals surface area (Å²) < 4.78 is 5.37. The van der Waals surface area contributed by atoms with Gasteiger partial charge in [-0.3, -0.25) is 14.5 Å². The number of benzene rings is 2. The monoisotopic (exact) mass is 351 g/mol. The Bertz CT molecular complexity index is 843. The number of rotatable bonds is 3. The maximum Gasteiger partial charge on any atom is 0.334 e. The van der Waals surface area contributed by atoms with Crippen LogP contribution in [0.15, 0.2) is 48.5 Å². The van der Waals surface area contributed by atoms with E-state index < -0.39 is 23.8 Å². The fourth-order valence-corrected chi connectivity index (χ4v) is 2.89. The molecular formula is C21H21NO4. The molecule has 0 unspecified atom stereocenters. The summed E-state index contributed by atoms with van der Waals surface area (Å²) in [6.45, 7) is 7.78. The fraction of sp³-hybridized carbons (Fsp3) is 0.286. The third-order valence-electron chi connectivity index (χ3n) is 4.49. The van der Waals surface area contributed by atoms with E-state index in [1.807, 2.05) is 12.1 Å². The predicted molar refractivity (Wildman–Crippen MR) is 97.2 cm³/mol. The number of amides is 2. The molecule has 5 nitrogen and oxygen atoms in total. The number of fused-ring (bicyclic) bond motifs is 1. The van der Waals surface area contributed by atoms with Crippen LogP contribution in [0, 0.1) is 0 Å². The van der Waals surface area contributed by atoms with Gasteiger partial charge in [-0.1, -0.05) is 45.0 Å². The van der Waals surface area contributed by atoms with Crippen molar-refractivity contribution in [2.75, 3.05) is 0 Å². The number of imide groups is 1. The third kappa shape index (κ3) is 3.12. The lowest BCUT2D eigenvalue weighted by Crippen LogP contribution is -2.44. The highest BCUT2D eigenvalue weighted by Crippen LogP contribution is 2.26. The zero-order chi connectivity index (χ0) is 19.1. The van der Waals surface area contributed by atoms with E-state index in [-0.39, 0.29) is 5.41 Å². The number of carbonyl (C=O) groups is 3. The fourth-order valence-electron chi connectivity index (χ4n) is 2.89. The minimum atomic E-state index is -1.01. The minimum Gasteiger partial charge on any atom is -0.425 e. The molecule has 5 heteroatoms. The average Bonchev–Trinajstić information content (AvgIpc) is 2.85. The maximum absolute atomic E-state index is 12.5. The van der Waals surface area contributed by atoms with Gasteiger partial charge in [0.25, 0.3) is 11.8 Å². The van der Waals surface area contributed by atoms with E-state index in [9.17, 15) is 14.4 Å². The Kier molecular flexibility index (Phi) is 4.40. The highest BCUT2D eigenvalue weighted by atomic mass is 16.5. The zero-order valence-electron chi connectivity index (χ0n) is 15.3. The van der Waals surface area contributed by atoms with Gasteiger partial charge in [0, 0.05) is 0 Å². The molecule has 134 valence electrons. The summed E-state index contributed by atoms with van der Waals surface area (Å²) in [4.78, 5) is 38.3. The van der Waals surface area contributed by atoms with E-state index in [4.69, 9.17) is 4.74 Å². The molecule has 0 aromatic heterocycles. The highest BCUT2D eigenvalue weighted by Gasteiger charge is 2.41. The first kappa shape index (κ1) is 17.9. The summed E-state index contributed by atoms with van der Waals surface area (Å²) in [5, 5.41) is 0. The van der Waals surface area contributed by atoms with Crippen LogP contribution in [0.3, 0.4) is 0 Å². The van der Waals surface area contributed by atoms with Crippen LogP contribution in [0.5, 0.6) is 5.75 Å². The third-order valence-corrected chi connectivity index (χ3v) is 4.49. The van der Waals surface area contributed by atoms with Crippen LogP contribution >= 0.6 is 0 Å². The second-order valence-corrected chi connectivity index (χ2v) is 7.40. The Labute approximate surface area is 152 Å². The van der Waals surface area contributed by atoms with E-state index in [2.05, 4.69) is 20.8 Å². The average molecular weight is 351 g/mol. The lowest BCUT2D eigenvalue weighted by molar-refractivity contribution is -0.138. The normalized spacial score (nSPS) is 15.0. The van der Waals surface area contributed by atoms with Gasteiger partial charge in [-0.25, -0.2) is 4.79 Å². The molecule has 0 bridgehead atoms. The van der Waals surface area contributed by atoms with Crippen LogP contribution in [0.4, 0.5) is 0 Å². The van der Waals surface area contributed by atoms with Crippen molar-refractivity contribution in [1.82, 2.24) is 4.90 Å². The Hall–Kier alpha value is -2.95. The molecule has 3 rings (SSSR count). The van der Waals surface area contributed by atoms with E-state index in [1.54, 1.807) is 36.4 Å². The molecule has 1 atom stereocenters. The molecule has 1 aliphatic rings. The molecule has 0 spiro atoms. The van der Waals surface area contributed by atoms with Gasteiger partial charge in [0.05, 0.1) is 11.1 Å². The number of hydrogen-bond donors (Lipinski definition) is 0. The van der Waals surface area contributed by atoms with Gasteiger partial charge in [-0.2, -0.15) is 0 Å². The van der Waals surface area contributed by atoms with Crippen molar-refractivity contribution in [3.8, 4) is 5.75 Å². The standard InChI is InChI=1S/C21H21NO4/c1-13(22-18(23)16-7-5-6-8-17(16)19(22)24)20(25)26-15-11-9-14(10-12-15)21(2,3)4/h5-13H,1-4H3/t13-/m0/s1. The van der Waals surface area contributed by atoms with Gasteiger partial charge in [0.2, 0.25) is 0 Å². The van der Waals surface area contributed by atoms with Gasteiger partial charge in [-0.15, -0.1) is 0 Å². The smallest absolute Gasteiger partial charge is 0.334 e. The Balaban J connectivity index is 1.75. The summed E-state index contributed by atoms with van der Waals surface area (Å²) in [6.07, 6.45) is 0. The maximum atomic E-state index is 12.5. The second-order valence-electron chi connectivity index (χ2n) is 7.40. The van der Waals surface area contributed by atoms with Crippen molar-refractivity contribution < 1.29 is 19.1 Å². The Morgan fingerprint density at radius 1 is 0.923 bits per heavy atom. The minimum absolute atomic E-state index is 0.00397. The zero-order valence-corrected chi connectivity index (χ0v) is 15.3. The van der Waals surface area contributed by atoms with Crippen molar-refractivity contribution in [1.29, 1.82) is 0 Å². The van der Waals surface area contributed by atoms with E-state index in [0.29, 0.717) is 16.9 Å². The number of carbonyl (C=O) groups excluding carboxylic acids is 3. The summed E-state index contributed by atoms with van der Waals surface area (Å²) in [7, 11) is 0. The second kappa shape index (κ2) is 6.41. The van der Waals surface area contributed by atoms with Crippen LogP contribution in [0.1, 0.15) is 54.0 Å². The quantitative estimate of drug-likeness (QED) is 0.482. The van der Waals surface area contributed by atoms with Crippen LogP contribution in [0.25, 0.3) is 0 Å². The first-order valence-corrected chi connectivity index (χ1v) is 8.49. The van der Waals surface area contributed by atoms with Crippen LogP contribution in [-0.2, 0) is 10.2 Å². The largest absolute Gasteiger partial charge is 0.425 e. The Morgan fingerprint density at radius 2 is 1.42 bits per heavy atom. The number of hydrogen-bond acceptors (Lipinski definition) is 4. The van der Waals surface area contributed by atoms with E-state index in [1.165, 1.54) is 6.92 Å². The summed E-state index contributed by atoms with van der Waals surface area (Å²) >= 11 is 0. The Morgan fingerprint density at radius 3 is 1.88 bits per heavy atom. The molecule has 2 aromatic rings. The van der Waals surface area contributed by atoms with Crippen molar-refractivity contribution in [2.24, 2.45) is 0 Å². The summed E-state index contributed by atoms with van der Waals surface area (Å²) in [6, 6.07) is 12.8. The van der Waals surface area contributed by atoms with Gasteiger partial charge >= 0.3 is 5.97 Å². The molecule has 0 aliphatic carbocycles. The number of nitrogens with zero attached hydrogens (tertiary/aromatic N) is 1. The first-order valence-electron chi connectivity index (χ1n) is 8.49. The molecule has 2 amide bonds. The highest BCUT2D eigenvalue weighted by molar-refractivity contribution is 6.22. The van der Waals surface area contributed by atoms with E-state index in [0.717, 1.165) is 10.5 Å². The molecule has 0 radical (unpaired) electrons. The van der Waals surface area contributed by atoms with Crippen molar-refractivity contribution in [2.45, 2.75) is 39.2 Å². The lowest BCUT2D eigenvalue weighted by Gasteiger charge is -2.21. The lowest BCUT2D eigenvalue weighted by atomic mass is 9.87. The van der Waals surface area contributed by atoms with Crippen molar-refractivity contribution >= 4 is 17.8 Å². The van der Waals surface area contributed by atoms with Gasteiger partial charge in [0.1, 0.15) is 11.8 Å². The van der Waals surface area contributed by atoms with Crippen LogP contribution < -0.4 is 4.74 Å². The molecule has 2 aromatic carbocycles. The molecule has 0 fully saturated rings. The molecular weight excluding hydrogens is 330 g/mol. The molecule has 0 saturated heterocycles. The van der Waals surface area contributed by atoms with Gasteiger partial charge in [0.15, 0.2) is 0 Å². The number of esters is 1. The van der Waals surface area contributed by atoms with Crippen LogP contribution in [0.2, 0.25) is 0 Å². The van der Waals surface area contributed by atoms with E-state index >= 15 is 0 Å². The number of ether oxygens (including phenoxy) is 1. The summed E-state index contributed by atoms with van der Waals surface area (Å²) in [5.74, 6) is -1.22. The topological polar surface area (TPSA) is 63.7 Å². The van der Waals surface area contributed by atoms with Crippen molar-refractivity contribution in [3.63, 3.8) is 0 Å². The molecule has 1 heterocycles. The molecule has 1 aliphatic heterocycles. The SMILES string of the molecule is C[C@@H](C(=O)Oc1ccc(C(C)(C)C)cc1)N1C(=O)c2ccccc2C1=O. The van der Waals surface area contributed by atoms with Gasteiger partial charge < -0.3 is 4.74 Å². The van der Waals surface area contributed by atoms with Crippen LogP contribution in [-0.4, -0.2) is 28.7 Å². The molecule has 0 N–H and O–H groups in total. The summed E-state index contributed by atoms with van der Waals surface area (Å²) in [5.41, 5.74) is 1.74. The van der Waals surface area contributed by atoms with Crippen molar-refractivity contribution in [3.05, 3.63) is 65.2 Å². The predicted octanol–water partition coefficient (Wildman–Crippen LogP) is 3.57. The van der Waals surface area contributed by atoms with Gasteiger partial charge in [-0.05, 0) is 42.2 Å². The first-order chi connectivity index (χ1) is 12.2. The molecule has 0 saturated carbocycles. The molecule has 26 heavy (non-hydrogen) atoms.